The van der Waals surface area contributed by atoms with Gasteiger partial charge in [-0.05, 0) is 50.9 Å². The van der Waals surface area contributed by atoms with Crippen LogP contribution in [-0.4, -0.2) is 46.7 Å². The van der Waals surface area contributed by atoms with Crippen molar-refractivity contribution in [2.45, 2.75) is 57.5 Å². The molecule has 2 unspecified atom stereocenters. The Balaban J connectivity index is 1.30. The number of nitrogens with zero attached hydrogens (tertiary/aromatic N) is 3. The predicted molar refractivity (Wildman–Crippen MR) is 95.4 cm³/mol. The van der Waals surface area contributed by atoms with Crippen LogP contribution in [-0.2, 0) is 11.2 Å². The molecule has 0 spiro atoms. The van der Waals surface area contributed by atoms with E-state index in [0.29, 0.717) is 17.7 Å². The standard InChI is InChI=1S/C19H28N4O2/c24-19(22-16-11-20-18(21-12-16)10-14-6-7-14)23-8-3-4-15(13-23)17-5-1-2-9-25-17/h11-12,14-15,17H,1-10,13H2,(H,22,24). The summed E-state index contributed by atoms with van der Waals surface area (Å²) in [5, 5.41) is 2.95. The van der Waals surface area contributed by atoms with Gasteiger partial charge >= 0.3 is 6.03 Å². The summed E-state index contributed by atoms with van der Waals surface area (Å²) < 4.78 is 5.94. The number of piperidine rings is 1. The molecular weight excluding hydrogens is 316 g/mol. The first-order chi connectivity index (χ1) is 12.3. The van der Waals surface area contributed by atoms with Gasteiger partial charge < -0.3 is 15.0 Å². The Morgan fingerprint density at radius 1 is 1.16 bits per heavy atom. The maximum absolute atomic E-state index is 12.6. The van der Waals surface area contributed by atoms with Crippen molar-refractivity contribution in [1.82, 2.24) is 14.9 Å². The van der Waals surface area contributed by atoms with Crippen molar-refractivity contribution in [3.63, 3.8) is 0 Å². The van der Waals surface area contributed by atoms with E-state index in [9.17, 15) is 4.79 Å². The topological polar surface area (TPSA) is 67.4 Å². The summed E-state index contributed by atoms with van der Waals surface area (Å²) in [6.07, 6.45) is 13.1. The van der Waals surface area contributed by atoms with Crippen LogP contribution in [0.4, 0.5) is 10.5 Å². The molecule has 3 heterocycles. The maximum atomic E-state index is 12.6. The highest BCUT2D eigenvalue weighted by Crippen LogP contribution is 2.31. The number of urea groups is 1. The Morgan fingerprint density at radius 2 is 2.00 bits per heavy atom. The molecule has 0 radical (unpaired) electrons. The number of hydrogen-bond acceptors (Lipinski definition) is 4. The van der Waals surface area contributed by atoms with Gasteiger partial charge in [0.1, 0.15) is 5.82 Å². The molecule has 1 aliphatic carbocycles. The van der Waals surface area contributed by atoms with Gasteiger partial charge in [0.25, 0.3) is 0 Å². The van der Waals surface area contributed by atoms with E-state index in [1.807, 2.05) is 4.90 Å². The molecule has 1 N–H and O–H groups in total. The van der Waals surface area contributed by atoms with Gasteiger partial charge in [0.05, 0.1) is 24.2 Å². The summed E-state index contributed by atoms with van der Waals surface area (Å²) in [6, 6.07) is -0.0425. The van der Waals surface area contributed by atoms with Crippen LogP contribution in [0, 0.1) is 11.8 Å². The lowest BCUT2D eigenvalue weighted by atomic mass is 9.88. The molecule has 3 fully saturated rings. The molecule has 25 heavy (non-hydrogen) atoms. The summed E-state index contributed by atoms with van der Waals surface area (Å²) in [4.78, 5) is 23.3. The lowest BCUT2D eigenvalue weighted by Gasteiger charge is -2.38. The van der Waals surface area contributed by atoms with Crippen LogP contribution in [0.15, 0.2) is 12.4 Å². The third-order valence-corrected chi connectivity index (χ3v) is 5.61. The zero-order valence-electron chi connectivity index (χ0n) is 14.8. The first-order valence-electron chi connectivity index (χ1n) is 9.76. The third kappa shape index (κ3) is 4.48. The Hall–Kier alpha value is -1.69. The monoisotopic (exact) mass is 344 g/mol. The second-order valence-corrected chi connectivity index (χ2v) is 7.72. The van der Waals surface area contributed by atoms with Crippen molar-refractivity contribution in [2.75, 3.05) is 25.0 Å². The average molecular weight is 344 g/mol. The van der Waals surface area contributed by atoms with Crippen LogP contribution in [0.25, 0.3) is 0 Å². The number of carbonyl (C=O) groups is 1. The fourth-order valence-electron chi connectivity index (χ4n) is 3.94. The predicted octanol–water partition coefficient (Wildman–Crippen LogP) is 3.24. The van der Waals surface area contributed by atoms with E-state index in [0.717, 1.165) is 57.1 Å². The SMILES string of the molecule is O=C(Nc1cnc(CC2CC2)nc1)N1CCCC(C2CCCCO2)C1. The Labute approximate surface area is 149 Å². The van der Waals surface area contributed by atoms with Gasteiger partial charge in [-0.1, -0.05) is 0 Å². The second kappa shape index (κ2) is 7.68. The van der Waals surface area contributed by atoms with Crippen LogP contribution < -0.4 is 5.32 Å². The van der Waals surface area contributed by atoms with Crippen LogP contribution in [0.3, 0.4) is 0 Å². The minimum absolute atomic E-state index is 0.0425. The van der Waals surface area contributed by atoms with Crippen molar-refractivity contribution < 1.29 is 9.53 Å². The van der Waals surface area contributed by atoms with E-state index < -0.39 is 0 Å². The smallest absolute Gasteiger partial charge is 0.321 e. The van der Waals surface area contributed by atoms with E-state index in [4.69, 9.17) is 4.74 Å². The van der Waals surface area contributed by atoms with Gasteiger partial charge in [-0.3, -0.25) is 0 Å². The minimum Gasteiger partial charge on any atom is -0.378 e. The van der Waals surface area contributed by atoms with E-state index in [2.05, 4.69) is 15.3 Å². The van der Waals surface area contributed by atoms with E-state index >= 15 is 0 Å². The lowest BCUT2D eigenvalue weighted by Crippen LogP contribution is -2.46. The van der Waals surface area contributed by atoms with E-state index in [1.54, 1.807) is 12.4 Å². The zero-order chi connectivity index (χ0) is 17.1. The summed E-state index contributed by atoms with van der Waals surface area (Å²) in [5.74, 6) is 2.12. The highest BCUT2D eigenvalue weighted by atomic mass is 16.5. The van der Waals surface area contributed by atoms with Crippen LogP contribution in [0.2, 0.25) is 0 Å². The normalized spacial score (nSPS) is 27.1. The van der Waals surface area contributed by atoms with E-state index in [-0.39, 0.29) is 6.03 Å². The molecule has 6 nitrogen and oxygen atoms in total. The van der Waals surface area contributed by atoms with Gasteiger partial charge in [0.2, 0.25) is 0 Å². The van der Waals surface area contributed by atoms with Gasteiger partial charge in [-0.25, -0.2) is 14.8 Å². The molecular formula is C19H28N4O2. The lowest BCUT2D eigenvalue weighted by molar-refractivity contribution is -0.0360. The number of carbonyl (C=O) groups excluding carboxylic acids is 1. The number of nitrogens with one attached hydrogen (secondary N) is 1. The average Bonchev–Trinajstić information content (AvgIpc) is 3.48. The van der Waals surface area contributed by atoms with Crippen molar-refractivity contribution in [1.29, 1.82) is 0 Å². The van der Waals surface area contributed by atoms with Gasteiger partial charge in [-0.2, -0.15) is 0 Å². The molecule has 2 saturated heterocycles. The largest absolute Gasteiger partial charge is 0.378 e. The highest BCUT2D eigenvalue weighted by Gasteiger charge is 2.31. The quantitative estimate of drug-likeness (QED) is 0.910. The fourth-order valence-corrected chi connectivity index (χ4v) is 3.94. The zero-order valence-corrected chi connectivity index (χ0v) is 14.8. The first kappa shape index (κ1) is 16.8. The first-order valence-corrected chi connectivity index (χ1v) is 9.76. The van der Waals surface area contributed by atoms with Gasteiger partial charge in [-0.15, -0.1) is 0 Å². The molecule has 1 saturated carbocycles. The van der Waals surface area contributed by atoms with Gasteiger partial charge in [0.15, 0.2) is 0 Å². The van der Waals surface area contributed by atoms with E-state index in [1.165, 1.54) is 25.7 Å². The number of ether oxygens (including phenoxy) is 1. The molecule has 1 aromatic rings. The number of anilines is 1. The third-order valence-electron chi connectivity index (χ3n) is 5.61. The number of rotatable bonds is 4. The minimum atomic E-state index is -0.0425. The summed E-state index contributed by atoms with van der Waals surface area (Å²) in [7, 11) is 0. The highest BCUT2D eigenvalue weighted by molar-refractivity contribution is 5.89. The maximum Gasteiger partial charge on any atom is 0.321 e. The van der Waals surface area contributed by atoms with Crippen LogP contribution in [0.1, 0.15) is 50.8 Å². The summed E-state index contributed by atoms with van der Waals surface area (Å²) in [5.41, 5.74) is 0.681. The van der Waals surface area contributed by atoms with Crippen molar-refractivity contribution in [3.8, 4) is 0 Å². The molecule has 6 heteroatoms. The van der Waals surface area contributed by atoms with Crippen molar-refractivity contribution in [2.24, 2.45) is 11.8 Å². The Morgan fingerprint density at radius 3 is 2.72 bits per heavy atom. The molecule has 1 aromatic heterocycles. The molecule has 2 atom stereocenters. The van der Waals surface area contributed by atoms with Gasteiger partial charge in [0, 0.05) is 32.0 Å². The number of aromatic nitrogens is 2. The molecule has 3 aliphatic rings. The number of hydrogen-bond donors (Lipinski definition) is 1. The molecule has 2 aliphatic heterocycles. The number of likely N-dealkylation sites (tertiary alicyclic amines) is 1. The van der Waals surface area contributed by atoms with Crippen LogP contribution in [0.5, 0.6) is 0 Å². The van der Waals surface area contributed by atoms with Crippen molar-refractivity contribution in [3.05, 3.63) is 18.2 Å². The molecule has 2 amide bonds. The summed E-state index contributed by atoms with van der Waals surface area (Å²) in [6.45, 7) is 2.48. The molecule has 0 bridgehead atoms. The molecule has 136 valence electrons. The molecule has 0 aromatic carbocycles. The fraction of sp³-hybridized carbons (Fsp3) is 0.737. The Kier molecular flexibility index (Phi) is 5.15. The number of amides is 2. The summed E-state index contributed by atoms with van der Waals surface area (Å²) >= 11 is 0. The molecule has 4 rings (SSSR count). The second-order valence-electron chi connectivity index (χ2n) is 7.72. The Bertz CT molecular complexity index is 582. The van der Waals surface area contributed by atoms with Crippen LogP contribution >= 0.6 is 0 Å². The van der Waals surface area contributed by atoms with Crippen molar-refractivity contribution >= 4 is 11.7 Å².